The zero-order valence-corrected chi connectivity index (χ0v) is 15.0. The standard InChI is InChI=1S/C21H25NO3/c1-10-5-20-8-13(24)17-19(2)6-11(23)7-21(17)14(20)4-12(10)16(25)15(20)18(21)22(3)9-19/h12,14-15,17-18H,1,4-9H2,2-3H3/t12-,14+,15?,17+,18?,19-,20+,21+/m0/s1. The van der Waals surface area contributed by atoms with Gasteiger partial charge >= 0.3 is 0 Å². The first kappa shape index (κ1) is 14.8. The predicted octanol–water partition coefficient (Wildman–Crippen LogP) is 2.03. The monoisotopic (exact) mass is 339 g/mol. The normalized spacial score (nSPS) is 58.9. The highest BCUT2D eigenvalue weighted by molar-refractivity contribution is 5.98. The van der Waals surface area contributed by atoms with Crippen LogP contribution in [0.4, 0.5) is 0 Å². The van der Waals surface area contributed by atoms with Gasteiger partial charge in [-0.2, -0.15) is 0 Å². The number of likely N-dealkylation sites (tertiary alicyclic amines) is 1. The van der Waals surface area contributed by atoms with Gasteiger partial charge < -0.3 is 4.90 Å². The van der Waals surface area contributed by atoms with E-state index in [1.807, 2.05) is 0 Å². The molecule has 0 radical (unpaired) electrons. The second-order valence-electron chi connectivity index (χ2n) is 10.4. The van der Waals surface area contributed by atoms with E-state index < -0.39 is 0 Å². The van der Waals surface area contributed by atoms with Crippen LogP contribution < -0.4 is 0 Å². The Balaban J connectivity index is 1.68. The van der Waals surface area contributed by atoms with Gasteiger partial charge in [-0.3, -0.25) is 14.4 Å². The molecule has 7 rings (SSSR count). The molecule has 8 atom stereocenters. The second kappa shape index (κ2) is 3.85. The molecular weight excluding hydrogens is 314 g/mol. The van der Waals surface area contributed by atoms with Crippen molar-refractivity contribution >= 4 is 17.3 Å². The lowest BCUT2D eigenvalue weighted by atomic mass is 9.39. The van der Waals surface area contributed by atoms with Crippen LogP contribution in [-0.2, 0) is 14.4 Å². The van der Waals surface area contributed by atoms with Gasteiger partial charge in [0.05, 0.1) is 0 Å². The van der Waals surface area contributed by atoms with E-state index in [0.29, 0.717) is 42.5 Å². The smallest absolute Gasteiger partial charge is 0.145 e. The van der Waals surface area contributed by atoms with Crippen molar-refractivity contribution in [2.24, 2.45) is 39.9 Å². The molecule has 1 aliphatic heterocycles. The summed E-state index contributed by atoms with van der Waals surface area (Å²) in [5, 5.41) is 0. The SMILES string of the molecule is C=C1C[C@]23CC(=O)[C@@H]4[C@@]5(C)CC(=O)C[C@]46C(C2C(=O)[C@H]1C[C@H]36)N(C)C5. The highest BCUT2D eigenvalue weighted by Gasteiger charge is 2.83. The van der Waals surface area contributed by atoms with E-state index in [4.69, 9.17) is 0 Å². The molecule has 6 bridgehead atoms. The number of fused-ring (bicyclic) bond motifs is 1. The van der Waals surface area contributed by atoms with Gasteiger partial charge in [0.15, 0.2) is 0 Å². The summed E-state index contributed by atoms with van der Waals surface area (Å²) in [6.45, 7) is 7.13. The summed E-state index contributed by atoms with van der Waals surface area (Å²) in [5.74, 6) is 1.22. The minimum absolute atomic E-state index is 0.0256. The summed E-state index contributed by atoms with van der Waals surface area (Å²) in [4.78, 5) is 42.0. The highest BCUT2D eigenvalue weighted by Crippen LogP contribution is 2.80. The molecule has 7 aliphatic rings. The van der Waals surface area contributed by atoms with Crippen molar-refractivity contribution < 1.29 is 14.4 Å². The van der Waals surface area contributed by atoms with Gasteiger partial charge in [0.2, 0.25) is 0 Å². The van der Waals surface area contributed by atoms with Gasteiger partial charge in [-0.05, 0) is 36.6 Å². The molecule has 4 heteroatoms. The van der Waals surface area contributed by atoms with E-state index in [1.54, 1.807) is 0 Å². The Kier molecular flexibility index (Phi) is 2.29. The van der Waals surface area contributed by atoms with Crippen molar-refractivity contribution in [3.05, 3.63) is 12.2 Å². The number of ketones is 3. The molecule has 0 amide bonds. The van der Waals surface area contributed by atoms with Crippen molar-refractivity contribution in [3.63, 3.8) is 0 Å². The number of hydrogen-bond acceptors (Lipinski definition) is 4. The Morgan fingerprint density at radius 2 is 1.88 bits per heavy atom. The first-order valence-corrected chi connectivity index (χ1v) is 9.71. The first-order valence-electron chi connectivity index (χ1n) is 9.71. The maximum absolute atomic E-state index is 13.4. The van der Waals surface area contributed by atoms with E-state index in [2.05, 4.69) is 25.5 Å². The fraction of sp³-hybridized carbons (Fsp3) is 0.762. The summed E-state index contributed by atoms with van der Waals surface area (Å²) >= 11 is 0. The molecule has 25 heavy (non-hydrogen) atoms. The van der Waals surface area contributed by atoms with Crippen LogP contribution in [0.1, 0.15) is 39.0 Å². The minimum atomic E-state index is -0.289. The topological polar surface area (TPSA) is 54.5 Å². The van der Waals surface area contributed by atoms with Gasteiger partial charge in [0.25, 0.3) is 0 Å². The molecule has 6 aliphatic carbocycles. The third-order valence-corrected chi connectivity index (χ3v) is 9.25. The van der Waals surface area contributed by atoms with E-state index in [9.17, 15) is 14.4 Å². The van der Waals surface area contributed by atoms with E-state index in [-0.39, 0.29) is 40.0 Å². The molecule has 0 N–H and O–H groups in total. The van der Waals surface area contributed by atoms with Crippen molar-refractivity contribution in [3.8, 4) is 0 Å². The first-order chi connectivity index (χ1) is 11.7. The molecule has 1 heterocycles. The van der Waals surface area contributed by atoms with Gasteiger partial charge in [0, 0.05) is 55.0 Å². The van der Waals surface area contributed by atoms with Crippen molar-refractivity contribution in [1.29, 1.82) is 0 Å². The van der Waals surface area contributed by atoms with Crippen molar-refractivity contribution in [1.82, 2.24) is 4.90 Å². The molecular formula is C21H25NO3. The summed E-state index contributed by atoms with van der Waals surface area (Å²) in [6.07, 6.45) is 3.25. The molecule has 0 aromatic rings. The molecule has 1 saturated heterocycles. The zero-order valence-electron chi connectivity index (χ0n) is 15.0. The number of rotatable bonds is 0. The summed E-state index contributed by atoms with van der Waals surface area (Å²) in [7, 11) is 2.13. The molecule has 2 unspecified atom stereocenters. The van der Waals surface area contributed by atoms with Gasteiger partial charge in [-0.25, -0.2) is 0 Å². The van der Waals surface area contributed by atoms with Crippen LogP contribution in [0, 0.1) is 39.9 Å². The molecule has 4 nitrogen and oxygen atoms in total. The quantitative estimate of drug-likeness (QED) is 0.634. The second-order valence-corrected chi connectivity index (χ2v) is 10.4. The number of hydrogen-bond donors (Lipinski definition) is 0. The summed E-state index contributed by atoms with van der Waals surface area (Å²) in [5.41, 5.74) is 0.266. The van der Waals surface area contributed by atoms with Crippen LogP contribution in [0.3, 0.4) is 0 Å². The number of allylic oxidation sites excluding steroid dienone is 1. The Bertz CT molecular complexity index is 801. The molecule has 2 spiro atoms. The van der Waals surface area contributed by atoms with Gasteiger partial charge in [-0.1, -0.05) is 19.1 Å². The minimum Gasteiger partial charge on any atom is -0.301 e. The maximum atomic E-state index is 13.4. The maximum Gasteiger partial charge on any atom is 0.145 e. The van der Waals surface area contributed by atoms with E-state index >= 15 is 0 Å². The van der Waals surface area contributed by atoms with Crippen LogP contribution in [0.15, 0.2) is 12.2 Å². The van der Waals surface area contributed by atoms with E-state index in [1.165, 1.54) is 0 Å². The van der Waals surface area contributed by atoms with E-state index in [0.717, 1.165) is 25.0 Å². The lowest BCUT2D eigenvalue weighted by molar-refractivity contribution is -0.186. The number of Topliss-reactive ketones (excluding diaryl/α,β-unsaturated/α-hetero) is 3. The zero-order chi connectivity index (χ0) is 17.5. The molecule has 0 aromatic carbocycles. The van der Waals surface area contributed by atoms with Crippen LogP contribution in [0.5, 0.6) is 0 Å². The van der Waals surface area contributed by atoms with Crippen molar-refractivity contribution in [2.45, 2.75) is 45.1 Å². The third-order valence-electron chi connectivity index (χ3n) is 9.25. The van der Waals surface area contributed by atoms with Crippen LogP contribution in [0.25, 0.3) is 0 Å². The summed E-state index contributed by atoms with van der Waals surface area (Å²) < 4.78 is 0. The molecule has 132 valence electrons. The van der Waals surface area contributed by atoms with Crippen LogP contribution >= 0.6 is 0 Å². The van der Waals surface area contributed by atoms with Gasteiger partial charge in [-0.15, -0.1) is 0 Å². The van der Waals surface area contributed by atoms with Crippen LogP contribution in [-0.4, -0.2) is 41.9 Å². The van der Waals surface area contributed by atoms with Crippen molar-refractivity contribution in [2.75, 3.05) is 13.6 Å². The Labute approximate surface area is 148 Å². The highest BCUT2D eigenvalue weighted by atomic mass is 16.1. The lowest BCUT2D eigenvalue weighted by Crippen LogP contribution is -2.69. The predicted molar refractivity (Wildman–Crippen MR) is 90.6 cm³/mol. The average molecular weight is 339 g/mol. The lowest BCUT2D eigenvalue weighted by Gasteiger charge is -2.65. The summed E-state index contributed by atoms with van der Waals surface area (Å²) in [6, 6.07) is 0.0804. The fourth-order valence-electron chi connectivity index (χ4n) is 9.39. The Hall–Kier alpha value is -1.29. The number of carbonyl (C=O) groups is 3. The molecule has 0 aromatic heterocycles. The fourth-order valence-corrected chi connectivity index (χ4v) is 9.39. The molecule has 6 saturated carbocycles. The number of piperidine rings is 1. The number of nitrogens with zero attached hydrogens (tertiary/aromatic N) is 1. The molecule has 7 fully saturated rings. The average Bonchev–Trinajstić information content (AvgIpc) is 2.57. The Morgan fingerprint density at radius 1 is 1.12 bits per heavy atom. The Morgan fingerprint density at radius 3 is 2.64 bits per heavy atom. The third kappa shape index (κ3) is 1.27. The largest absolute Gasteiger partial charge is 0.301 e. The van der Waals surface area contributed by atoms with Crippen LogP contribution in [0.2, 0.25) is 0 Å². The number of carbonyl (C=O) groups excluding carboxylic acids is 3. The van der Waals surface area contributed by atoms with Gasteiger partial charge in [0.1, 0.15) is 17.3 Å².